The Balaban J connectivity index is 1.56. The molecule has 0 aromatic heterocycles. The molecule has 3 heteroatoms. The molecule has 3 nitrogen and oxygen atoms in total. The summed E-state index contributed by atoms with van der Waals surface area (Å²) in [6.45, 7) is 0.785. The molecule has 0 spiro atoms. The maximum atomic E-state index is 10.4. The van der Waals surface area contributed by atoms with Crippen LogP contribution in [0.25, 0.3) is 0 Å². The molecule has 0 amide bonds. The topological polar surface area (TPSA) is 66.5 Å². The van der Waals surface area contributed by atoms with Gasteiger partial charge in [-0.15, -0.1) is 0 Å². The van der Waals surface area contributed by atoms with Crippen molar-refractivity contribution >= 4 is 0 Å². The van der Waals surface area contributed by atoms with Gasteiger partial charge >= 0.3 is 0 Å². The van der Waals surface area contributed by atoms with Gasteiger partial charge < -0.3 is 15.9 Å². The first-order chi connectivity index (χ1) is 12.2. The lowest BCUT2D eigenvalue weighted by atomic mass is 9.88. The van der Waals surface area contributed by atoms with E-state index in [0.29, 0.717) is 11.8 Å². The first kappa shape index (κ1) is 18.4. The molecule has 136 valence electrons. The van der Waals surface area contributed by atoms with Gasteiger partial charge in [0.05, 0.1) is 12.2 Å². The summed E-state index contributed by atoms with van der Waals surface area (Å²) >= 11 is 0. The molecule has 25 heavy (non-hydrogen) atoms. The van der Waals surface area contributed by atoms with Crippen molar-refractivity contribution in [1.82, 2.24) is 0 Å². The minimum absolute atomic E-state index is 0.154. The van der Waals surface area contributed by atoms with E-state index in [1.165, 1.54) is 19.3 Å². The predicted molar refractivity (Wildman–Crippen MR) is 102 cm³/mol. The smallest absolute Gasteiger partial charge is 0.0971 e. The van der Waals surface area contributed by atoms with Crippen molar-refractivity contribution in [2.24, 2.45) is 23.5 Å². The minimum atomic E-state index is -0.599. The van der Waals surface area contributed by atoms with E-state index >= 15 is 0 Å². The van der Waals surface area contributed by atoms with Gasteiger partial charge in [0.25, 0.3) is 0 Å². The third-order valence-electron chi connectivity index (χ3n) is 5.81. The van der Waals surface area contributed by atoms with Crippen molar-refractivity contribution < 1.29 is 10.2 Å². The molecule has 2 aliphatic carbocycles. The van der Waals surface area contributed by atoms with Gasteiger partial charge in [0.15, 0.2) is 0 Å². The maximum Gasteiger partial charge on any atom is 0.0971 e. The van der Waals surface area contributed by atoms with E-state index in [1.54, 1.807) is 5.57 Å². The van der Waals surface area contributed by atoms with E-state index in [1.807, 2.05) is 36.4 Å². The Kier molecular flexibility index (Phi) is 6.46. The molecule has 0 bridgehead atoms. The number of unbranched alkanes of at least 4 members (excludes halogenated alkanes) is 2. The fourth-order valence-electron chi connectivity index (χ4n) is 4.46. The lowest BCUT2D eigenvalue weighted by Gasteiger charge is -2.19. The maximum absolute atomic E-state index is 10.4. The Morgan fingerprint density at radius 3 is 2.72 bits per heavy atom. The van der Waals surface area contributed by atoms with E-state index in [2.05, 4.69) is 12.2 Å². The second-order valence-corrected chi connectivity index (χ2v) is 7.58. The van der Waals surface area contributed by atoms with E-state index < -0.39 is 6.10 Å². The van der Waals surface area contributed by atoms with Crippen LogP contribution in [-0.2, 0) is 0 Å². The molecule has 0 aliphatic heterocycles. The molecule has 0 saturated heterocycles. The van der Waals surface area contributed by atoms with Crippen molar-refractivity contribution in [1.29, 1.82) is 0 Å². The van der Waals surface area contributed by atoms with Crippen LogP contribution < -0.4 is 5.73 Å². The average Bonchev–Trinajstić information content (AvgIpc) is 3.14. The SMILES string of the molecule is NCCCCCC1=C[C@H]2C[C@@H](O)[C@H](/C=C/[C@@H](O)c3ccccc3)[C@H]2C1. The zero-order valence-electron chi connectivity index (χ0n) is 14.9. The quantitative estimate of drug-likeness (QED) is 0.498. The molecule has 1 saturated carbocycles. The second kappa shape index (κ2) is 8.79. The number of rotatable bonds is 8. The van der Waals surface area contributed by atoms with Crippen LogP contribution in [0.4, 0.5) is 0 Å². The molecule has 2 aliphatic rings. The van der Waals surface area contributed by atoms with Crippen LogP contribution in [0.3, 0.4) is 0 Å². The summed E-state index contributed by atoms with van der Waals surface area (Å²) in [4.78, 5) is 0. The first-order valence-corrected chi connectivity index (χ1v) is 9.68. The molecular weight excluding hydrogens is 310 g/mol. The predicted octanol–water partition coefficient (Wildman–Crippen LogP) is 3.74. The molecule has 5 atom stereocenters. The highest BCUT2D eigenvalue weighted by Gasteiger charge is 2.43. The number of allylic oxidation sites excluding steroid dienone is 2. The summed E-state index contributed by atoms with van der Waals surface area (Å²) in [7, 11) is 0. The van der Waals surface area contributed by atoms with E-state index in [9.17, 15) is 10.2 Å². The molecule has 0 heterocycles. The van der Waals surface area contributed by atoms with Gasteiger partial charge in [0, 0.05) is 5.92 Å². The van der Waals surface area contributed by atoms with Crippen molar-refractivity contribution in [3.05, 3.63) is 59.7 Å². The zero-order chi connectivity index (χ0) is 17.6. The van der Waals surface area contributed by atoms with Crippen LogP contribution in [0.5, 0.6) is 0 Å². The van der Waals surface area contributed by atoms with Gasteiger partial charge in [-0.05, 0) is 56.0 Å². The van der Waals surface area contributed by atoms with E-state index in [-0.39, 0.29) is 12.0 Å². The summed E-state index contributed by atoms with van der Waals surface area (Å²) < 4.78 is 0. The molecule has 1 fully saturated rings. The summed E-state index contributed by atoms with van der Waals surface area (Å²) in [5, 5.41) is 20.8. The molecule has 1 aromatic rings. The number of aliphatic hydroxyl groups excluding tert-OH is 2. The van der Waals surface area contributed by atoms with Crippen LogP contribution in [0.15, 0.2) is 54.1 Å². The van der Waals surface area contributed by atoms with Gasteiger partial charge in [-0.1, -0.05) is 60.6 Å². The molecule has 4 N–H and O–H groups in total. The molecule has 0 unspecified atom stereocenters. The van der Waals surface area contributed by atoms with Crippen molar-refractivity contribution in [2.75, 3.05) is 6.54 Å². The van der Waals surface area contributed by atoms with Gasteiger partial charge in [-0.2, -0.15) is 0 Å². The Morgan fingerprint density at radius 2 is 1.96 bits per heavy atom. The van der Waals surface area contributed by atoms with Crippen LogP contribution in [0.2, 0.25) is 0 Å². The first-order valence-electron chi connectivity index (χ1n) is 9.68. The minimum Gasteiger partial charge on any atom is -0.392 e. The Morgan fingerprint density at radius 1 is 1.16 bits per heavy atom. The molecular formula is C22H31NO2. The van der Waals surface area contributed by atoms with Crippen molar-refractivity contribution in [2.45, 2.75) is 50.7 Å². The zero-order valence-corrected chi connectivity index (χ0v) is 14.9. The van der Waals surface area contributed by atoms with Gasteiger partial charge in [-0.3, -0.25) is 0 Å². The third-order valence-corrected chi connectivity index (χ3v) is 5.81. The average molecular weight is 341 g/mol. The lowest BCUT2D eigenvalue weighted by Crippen LogP contribution is -2.17. The summed E-state index contributed by atoms with van der Waals surface area (Å²) in [6.07, 6.45) is 12.1. The molecule has 1 aromatic carbocycles. The van der Waals surface area contributed by atoms with Crippen molar-refractivity contribution in [3.8, 4) is 0 Å². The van der Waals surface area contributed by atoms with Crippen molar-refractivity contribution in [3.63, 3.8) is 0 Å². The number of nitrogens with two attached hydrogens (primary N) is 1. The fourth-order valence-corrected chi connectivity index (χ4v) is 4.46. The summed E-state index contributed by atoms with van der Waals surface area (Å²) in [5.74, 6) is 1.16. The summed E-state index contributed by atoms with van der Waals surface area (Å²) in [6, 6.07) is 9.68. The highest BCUT2D eigenvalue weighted by atomic mass is 16.3. The standard InChI is InChI=1S/C22H31NO2/c23-12-6-2-3-7-16-13-18-15-22(25)19(20(18)14-16)10-11-21(24)17-8-4-1-5-9-17/h1,4-5,8-11,13,18-22,24-25H,2-3,6-7,12,14-15,23H2/b11-10+/t18-,19+,20-,21+,22+/m0/s1. The highest BCUT2D eigenvalue weighted by Crippen LogP contribution is 2.48. The Bertz CT molecular complexity index is 595. The van der Waals surface area contributed by atoms with E-state index in [0.717, 1.165) is 31.4 Å². The third kappa shape index (κ3) is 4.60. The van der Waals surface area contributed by atoms with Gasteiger partial charge in [0.1, 0.15) is 0 Å². The second-order valence-electron chi connectivity index (χ2n) is 7.58. The lowest BCUT2D eigenvalue weighted by molar-refractivity contribution is 0.140. The molecule has 3 rings (SSSR count). The monoisotopic (exact) mass is 341 g/mol. The number of benzene rings is 1. The highest BCUT2D eigenvalue weighted by molar-refractivity contribution is 5.24. The van der Waals surface area contributed by atoms with E-state index in [4.69, 9.17) is 5.73 Å². The normalized spacial score (nSPS) is 29.8. The van der Waals surface area contributed by atoms with Crippen LogP contribution in [0.1, 0.15) is 50.2 Å². The van der Waals surface area contributed by atoms with Gasteiger partial charge in [0.2, 0.25) is 0 Å². The van der Waals surface area contributed by atoms with Gasteiger partial charge in [-0.25, -0.2) is 0 Å². The number of fused-ring (bicyclic) bond motifs is 1. The van der Waals surface area contributed by atoms with Crippen LogP contribution in [0, 0.1) is 17.8 Å². The number of hydrogen-bond acceptors (Lipinski definition) is 3. The fraction of sp³-hybridized carbons (Fsp3) is 0.545. The van der Waals surface area contributed by atoms with Crippen LogP contribution in [-0.4, -0.2) is 22.9 Å². The molecule has 0 radical (unpaired) electrons. The Labute approximate surface area is 151 Å². The number of aliphatic hydroxyl groups is 2. The summed E-state index contributed by atoms with van der Waals surface area (Å²) in [5.41, 5.74) is 8.01. The van der Waals surface area contributed by atoms with Crippen LogP contribution >= 0.6 is 0 Å². The Hall–Kier alpha value is -1.42. The number of hydrogen-bond donors (Lipinski definition) is 3. The largest absolute Gasteiger partial charge is 0.392 e.